The van der Waals surface area contributed by atoms with Crippen LogP contribution >= 0.6 is 11.6 Å². The molecular weight excluding hydrogens is 681 g/mol. The number of fused-ring (bicyclic) bond motifs is 2. The summed E-state index contributed by atoms with van der Waals surface area (Å²) in [5.41, 5.74) is 2.90. The van der Waals surface area contributed by atoms with E-state index in [1.807, 2.05) is 49.0 Å². The van der Waals surface area contributed by atoms with Gasteiger partial charge in [0.2, 0.25) is 5.91 Å². The molecule has 0 aliphatic carbocycles. The molecule has 14 heteroatoms. The smallest absolute Gasteiger partial charge is 0.422 e. The van der Waals surface area contributed by atoms with E-state index in [1.54, 1.807) is 18.3 Å². The minimum Gasteiger partial charge on any atom is -0.481 e. The van der Waals surface area contributed by atoms with Crippen LogP contribution in [0.5, 0.6) is 5.75 Å². The van der Waals surface area contributed by atoms with E-state index < -0.39 is 12.8 Å². The number of aromatic amines is 1. The summed E-state index contributed by atoms with van der Waals surface area (Å²) in [6.45, 7) is 5.64. The molecule has 5 heterocycles. The maximum Gasteiger partial charge on any atom is 0.422 e. The average molecular weight is 725 g/mol. The van der Waals surface area contributed by atoms with Gasteiger partial charge in [0, 0.05) is 72.0 Å². The number of carbonyl (C=O) groups excluding carboxylic acids is 1. The third-order valence-electron chi connectivity index (χ3n) is 10.7. The number of alkyl halides is 3. The van der Waals surface area contributed by atoms with Crippen molar-refractivity contribution in [2.75, 3.05) is 78.5 Å². The van der Waals surface area contributed by atoms with Crippen molar-refractivity contribution in [2.45, 2.75) is 44.7 Å². The van der Waals surface area contributed by atoms with Crippen LogP contribution in [-0.4, -0.2) is 121 Å². The van der Waals surface area contributed by atoms with Gasteiger partial charge in [0.25, 0.3) is 0 Å². The number of H-pyrrole nitrogens is 1. The molecule has 0 saturated carbocycles. The van der Waals surface area contributed by atoms with Crippen molar-refractivity contribution in [2.24, 2.45) is 5.41 Å². The van der Waals surface area contributed by atoms with Gasteiger partial charge in [0.15, 0.2) is 12.4 Å². The first-order valence-corrected chi connectivity index (χ1v) is 17.9. The summed E-state index contributed by atoms with van der Waals surface area (Å²) in [7, 11) is 6.01. The van der Waals surface area contributed by atoms with Gasteiger partial charge in [0.05, 0.1) is 16.7 Å². The number of likely N-dealkylation sites (N-methyl/N-ethyl adjacent to an activating group) is 1. The Bertz CT molecular complexity index is 1950. The Balaban J connectivity index is 1.29. The number of hydrogen-bond acceptors (Lipinski definition) is 8. The standard InChI is InChI=1S/C37H44ClF3N8O2/c1-23-7-8-28-26(19-42-45-28)30(23)31-27(38)18-25-32(33(31)51-22-37(39,40)41)43-34(24-9-14-47(4)15-10-24)44-35(25)48-16-11-36(12-17-48)20-49(21-36)29(50)6-5-13-46(2)3/h5-8,18-19,24H,9-17,20-22H2,1-4H3,(H,42,45)/b6-5+. The molecule has 10 nitrogen and oxygen atoms in total. The van der Waals surface area contributed by atoms with Crippen LogP contribution in [0.25, 0.3) is 32.9 Å². The molecule has 3 aliphatic heterocycles. The number of anilines is 1. The fourth-order valence-electron chi connectivity index (χ4n) is 7.78. The molecule has 7 rings (SSSR count). The summed E-state index contributed by atoms with van der Waals surface area (Å²) in [5, 5.41) is 8.68. The van der Waals surface area contributed by atoms with Gasteiger partial charge in [-0.05, 0) is 84.5 Å². The molecule has 1 amide bonds. The van der Waals surface area contributed by atoms with Crippen LogP contribution in [0.15, 0.2) is 36.5 Å². The molecular formula is C37H44ClF3N8O2. The number of benzene rings is 2. The molecule has 0 bridgehead atoms. The summed E-state index contributed by atoms with van der Waals surface area (Å²) in [6.07, 6.45) is 4.00. The highest BCUT2D eigenvalue weighted by molar-refractivity contribution is 6.35. The Morgan fingerprint density at radius 2 is 1.82 bits per heavy atom. The monoisotopic (exact) mass is 724 g/mol. The minimum atomic E-state index is -4.59. The summed E-state index contributed by atoms with van der Waals surface area (Å²) < 4.78 is 47.4. The van der Waals surface area contributed by atoms with Crippen molar-refractivity contribution in [3.05, 3.63) is 53.0 Å². The van der Waals surface area contributed by atoms with E-state index in [-0.39, 0.29) is 28.0 Å². The second kappa shape index (κ2) is 13.9. The zero-order valence-corrected chi connectivity index (χ0v) is 30.2. The van der Waals surface area contributed by atoms with Crippen molar-refractivity contribution in [3.8, 4) is 16.9 Å². The molecule has 0 atom stereocenters. The van der Waals surface area contributed by atoms with Crippen LogP contribution < -0.4 is 9.64 Å². The van der Waals surface area contributed by atoms with Crippen molar-refractivity contribution in [3.63, 3.8) is 0 Å². The first-order valence-electron chi connectivity index (χ1n) is 17.5. The number of nitrogens with zero attached hydrogens (tertiary/aromatic N) is 7. The van der Waals surface area contributed by atoms with Crippen LogP contribution in [0, 0.1) is 12.3 Å². The maximum absolute atomic E-state index is 13.9. The molecule has 272 valence electrons. The molecule has 4 aromatic rings. The molecule has 51 heavy (non-hydrogen) atoms. The average Bonchev–Trinajstić information content (AvgIpc) is 3.55. The zero-order valence-electron chi connectivity index (χ0n) is 29.5. The number of aromatic nitrogens is 4. The number of hydrogen-bond donors (Lipinski definition) is 1. The SMILES string of the molecule is Cc1ccc2[nH]ncc2c1-c1c(Cl)cc2c(N3CCC4(CC3)CN(C(=O)/C=C/CN(C)C)C4)nc(C3CCN(C)CC3)nc2c1OCC(F)(F)F. The molecule has 3 aliphatic rings. The molecule has 2 aromatic carbocycles. The van der Waals surface area contributed by atoms with Crippen LogP contribution in [0.3, 0.4) is 0 Å². The number of carbonyl (C=O) groups is 1. The van der Waals surface area contributed by atoms with Gasteiger partial charge in [-0.2, -0.15) is 18.3 Å². The first kappa shape index (κ1) is 35.5. The van der Waals surface area contributed by atoms with Gasteiger partial charge in [-0.15, -0.1) is 0 Å². The maximum atomic E-state index is 13.9. The minimum absolute atomic E-state index is 0.00611. The van der Waals surface area contributed by atoms with Crippen LogP contribution in [-0.2, 0) is 4.79 Å². The topological polar surface area (TPSA) is 93.7 Å². The van der Waals surface area contributed by atoms with Crippen molar-refractivity contribution in [1.82, 2.24) is 34.9 Å². The van der Waals surface area contributed by atoms with E-state index in [1.165, 1.54) is 0 Å². The molecule has 1 N–H and O–H groups in total. The van der Waals surface area contributed by atoms with Crippen molar-refractivity contribution < 1.29 is 22.7 Å². The Kier molecular flexibility index (Phi) is 9.66. The number of rotatable bonds is 8. The normalized spacial score (nSPS) is 18.8. The second-order valence-corrected chi connectivity index (χ2v) is 15.2. The van der Waals surface area contributed by atoms with Gasteiger partial charge >= 0.3 is 6.18 Å². The lowest BCUT2D eigenvalue weighted by Gasteiger charge is -2.54. The van der Waals surface area contributed by atoms with Gasteiger partial charge in [-0.3, -0.25) is 9.89 Å². The van der Waals surface area contributed by atoms with Gasteiger partial charge < -0.3 is 24.3 Å². The molecule has 1 spiro atoms. The Morgan fingerprint density at radius 3 is 2.51 bits per heavy atom. The van der Waals surface area contributed by atoms with Crippen molar-refractivity contribution >= 4 is 45.1 Å². The number of ether oxygens (including phenoxy) is 1. The molecule has 0 unspecified atom stereocenters. The van der Waals surface area contributed by atoms with E-state index in [2.05, 4.69) is 27.0 Å². The van der Waals surface area contributed by atoms with Crippen molar-refractivity contribution in [1.29, 1.82) is 0 Å². The summed E-state index contributed by atoms with van der Waals surface area (Å²) >= 11 is 7.11. The van der Waals surface area contributed by atoms with E-state index in [0.717, 1.165) is 55.2 Å². The highest BCUT2D eigenvalue weighted by Crippen LogP contribution is 2.49. The Morgan fingerprint density at radius 1 is 1.10 bits per heavy atom. The van der Waals surface area contributed by atoms with Crippen LogP contribution in [0.1, 0.15) is 43.0 Å². The summed E-state index contributed by atoms with van der Waals surface area (Å²) in [5.74, 6) is 1.34. The number of amides is 1. The van der Waals surface area contributed by atoms with Crippen LogP contribution in [0.2, 0.25) is 5.02 Å². The lowest BCUT2D eigenvalue weighted by Crippen LogP contribution is -2.61. The first-order chi connectivity index (χ1) is 24.3. The van der Waals surface area contributed by atoms with Gasteiger partial charge in [-0.1, -0.05) is 23.7 Å². The number of likely N-dealkylation sites (tertiary alicyclic amines) is 2. The number of nitrogens with one attached hydrogen (secondary N) is 1. The third kappa shape index (κ3) is 7.25. The highest BCUT2D eigenvalue weighted by Gasteiger charge is 2.46. The van der Waals surface area contributed by atoms with Gasteiger partial charge in [-0.25, -0.2) is 9.97 Å². The van der Waals surface area contributed by atoms with Gasteiger partial charge in [0.1, 0.15) is 17.2 Å². The summed E-state index contributed by atoms with van der Waals surface area (Å²) in [4.78, 5) is 31.3. The fraction of sp³-hybridized carbons (Fsp3) is 0.514. The molecule has 0 radical (unpaired) electrons. The number of aryl methyl sites for hydroxylation is 1. The van der Waals surface area contributed by atoms with Crippen LogP contribution in [0.4, 0.5) is 19.0 Å². The predicted molar refractivity (Wildman–Crippen MR) is 194 cm³/mol. The number of piperidine rings is 2. The zero-order chi connectivity index (χ0) is 36.1. The summed E-state index contributed by atoms with van der Waals surface area (Å²) in [6, 6.07) is 5.55. The van der Waals surface area contributed by atoms with E-state index in [4.69, 9.17) is 26.3 Å². The molecule has 3 saturated heterocycles. The Hall–Kier alpha value is -3.94. The quantitative estimate of drug-likeness (QED) is 0.208. The third-order valence-corrected chi connectivity index (χ3v) is 11.0. The fourth-order valence-corrected chi connectivity index (χ4v) is 8.07. The highest BCUT2D eigenvalue weighted by atomic mass is 35.5. The lowest BCUT2D eigenvalue weighted by molar-refractivity contribution is -0.153. The molecule has 2 aromatic heterocycles. The van der Waals surface area contributed by atoms with E-state index in [0.29, 0.717) is 66.4 Å². The number of halogens is 4. The Labute approximate surface area is 300 Å². The largest absolute Gasteiger partial charge is 0.481 e. The van der Waals surface area contributed by atoms with E-state index in [9.17, 15) is 18.0 Å². The van der Waals surface area contributed by atoms with E-state index >= 15 is 0 Å². The second-order valence-electron chi connectivity index (χ2n) is 14.8. The predicted octanol–water partition coefficient (Wildman–Crippen LogP) is 6.43. The molecule has 3 fully saturated rings. The lowest BCUT2D eigenvalue weighted by atomic mass is 9.72.